The number of carbonyl (C=O) groups excluding carboxylic acids is 1. The minimum absolute atomic E-state index is 0.000893. The molecule has 0 spiro atoms. The number of hydrogen-bond donors (Lipinski definition) is 0. The summed E-state index contributed by atoms with van der Waals surface area (Å²) in [5, 5.41) is 0. The van der Waals surface area contributed by atoms with E-state index in [4.69, 9.17) is 9.31 Å². The van der Waals surface area contributed by atoms with E-state index in [0.29, 0.717) is 11.9 Å². The largest absolute Gasteiger partial charge is 0.495 e. The molecule has 2 aliphatic rings. The van der Waals surface area contributed by atoms with Crippen LogP contribution >= 0.6 is 0 Å². The van der Waals surface area contributed by atoms with Crippen LogP contribution in [0.4, 0.5) is 10.1 Å². The maximum absolute atomic E-state index is 14.9. The topological polar surface area (TPSA) is 64.3 Å². The number of nitrogens with zero attached hydrogens (tertiary/aromatic N) is 3. The van der Waals surface area contributed by atoms with Crippen LogP contribution in [0.3, 0.4) is 0 Å². The van der Waals surface area contributed by atoms with Gasteiger partial charge in [-0.05, 0) is 51.1 Å². The third kappa shape index (κ3) is 4.61. The van der Waals surface area contributed by atoms with Gasteiger partial charge in [-0.3, -0.25) is 4.98 Å². The standard InChI is InChI=1S/C29H36BFN3O3/c1-10-15-29(19-11-12-19,26(2,3)4)24-18-32-22(17-33-24)25(35)34(9)23-16-20(13-14-21(23)31)30-36-27(5,6)28(7,8)37-30/h10-14,16-19H,1,9,15H2,2-8H3/q+1. The molecule has 0 bridgehead atoms. The quantitative estimate of drug-likeness (QED) is 0.226. The lowest BCUT2D eigenvalue weighted by molar-refractivity contribution is -0.328. The van der Waals surface area contributed by atoms with Crippen molar-refractivity contribution >= 4 is 30.9 Å². The van der Waals surface area contributed by atoms with E-state index in [1.807, 2.05) is 33.8 Å². The number of allylic oxidation sites excluding steroid dienone is 3. The molecule has 1 aliphatic heterocycles. The van der Waals surface area contributed by atoms with Gasteiger partial charge < -0.3 is 9.31 Å². The normalized spacial score (nSPS) is 19.9. The summed E-state index contributed by atoms with van der Waals surface area (Å²) in [4.78, 5) is 22.4. The number of hydrogen-bond acceptors (Lipinski definition) is 5. The molecule has 1 aromatic carbocycles. The maximum atomic E-state index is 14.9. The summed E-state index contributed by atoms with van der Waals surface area (Å²) >= 11 is 0. The highest BCUT2D eigenvalue weighted by Crippen LogP contribution is 2.54. The maximum Gasteiger partial charge on any atom is 0.495 e. The number of halogens is 1. The molecular formula is C29H36BFN3O3+. The highest BCUT2D eigenvalue weighted by molar-refractivity contribution is 6.62. The van der Waals surface area contributed by atoms with Crippen molar-refractivity contribution in [1.29, 1.82) is 0 Å². The van der Waals surface area contributed by atoms with Gasteiger partial charge in [-0.15, -0.1) is 11.2 Å². The molecule has 0 radical (unpaired) electrons. The van der Waals surface area contributed by atoms with E-state index in [0.717, 1.165) is 10.3 Å². The fourth-order valence-electron chi connectivity index (χ4n) is 4.99. The molecule has 2 aromatic rings. The summed E-state index contributed by atoms with van der Waals surface area (Å²) in [7, 11) is -0.696. The average Bonchev–Trinajstić information content (AvgIpc) is 3.63. The summed E-state index contributed by atoms with van der Waals surface area (Å²) < 4.78 is 28.0. The van der Waals surface area contributed by atoms with Crippen LogP contribution < -0.4 is 5.46 Å². The SMILES string of the molecule is C=CCC(c1cnc(C(=O)[N+](=C)c2cc(B3OC(C)(C)C(C)(C)O3)ccc2F)cn1)(C1C=C1)C(C)(C)C. The Morgan fingerprint density at radius 3 is 2.24 bits per heavy atom. The van der Waals surface area contributed by atoms with E-state index < -0.39 is 30.0 Å². The fourth-order valence-corrected chi connectivity index (χ4v) is 4.99. The first-order chi connectivity index (χ1) is 17.1. The highest BCUT2D eigenvalue weighted by Gasteiger charge is 2.52. The second-order valence-corrected chi connectivity index (χ2v) is 11.9. The smallest absolute Gasteiger partial charge is 0.399 e. The molecule has 1 unspecified atom stereocenters. The first-order valence-corrected chi connectivity index (χ1v) is 12.6. The van der Waals surface area contributed by atoms with Gasteiger partial charge in [0, 0.05) is 17.4 Å². The Bertz CT molecular complexity index is 1260. The molecule has 1 atom stereocenters. The minimum atomic E-state index is -0.696. The van der Waals surface area contributed by atoms with Crippen LogP contribution in [0.25, 0.3) is 0 Å². The zero-order chi connectivity index (χ0) is 27.4. The average molecular weight is 504 g/mol. The predicted molar refractivity (Wildman–Crippen MR) is 144 cm³/mol. The van der Waals surface area contributed by atoms with Crippen LogP contribution in [0.1, 0.15) is 71.1 Å². The van der Waals surface area contributed by atoms with Crippen LogP contribution in [0.2, 0.25) is 0 Å². The summed E-state index contributed by atoms with van der Waals surface area (Å²) in [6.07, 6.45) is 10.0. The van der Waals surface area contributed by atoms with Crippen molar-refractivity contribution in [3.8, 4) is 0 Å². The number of rotatable bonds is 7. The Morgan fingerprint density at radius 1 is 1.14 bits per heavy atom. The second-order valence-electron chi connectivity index (χ2n) is 11.9. The van der Waals surface area contributed by atoms with Crippen LogP contribution in [0.5, 0.6) is 0 Å². The molecule has 0 N–H and O–H groups in total. The van der Waals surface area contributed by atoms with Gasteiger partial charge >= 0.3 is 13.0 Å². The molecular weight excluding hydrogens is 468 g/mol. The van der Waals surface area contributed by atoms with Crippen LogP contribution in [0, 0.1) is 17.2 Å². The third-order valence-corrected chi connectivity index (χ3v) is 8.12. The molecule has 37 heavy (non-hydrogen) atoms. The molecule has 4 rings (SSSR count). The van der Waals surface area contributed by atoms with Crippen LogP contribution in [0.15, 0.2) is 55.4 Å². The molecule has 0 saturated carbocycles. The highest BCUT2D eigenvalue weighted by atomic mass is 19.1. The Balaban J connectivity index is 1.61. The van der Waals surface area contributed by atoms with Gasteiger partial charge in [-0.25, -0.2) is 9.78 Å². The molecule has 1 saturated heterocycles. The van der Waals surface area contributed by atoms with Gasteiger partial charge in [0.15, 0.2) is 11.5 Å². The minimum Gasteiger partial charge on any atom is -0.399 e. The molecule has 1 fully saturated rings. The Hall–Kier alpha value is -2.97. The molecule has 1 aliphatic carbocycles. The lowest BCUT2D eigenvalue weighted by atomic mass is 9.59. The predicted octanol–water partition coefficient (Wildman–Crippen LogP) is 5.15. The van der Waals surface area contributed by atoms with Crippen molar-refractivity contribution in [2.75, 3.05) is 0 Å². The molecule has 6 nitrogen and oxygen atoms in total. The summed E-state index contributed by atoms with van der Waals surface area (Å²) in [6, 6.07) is 4.40. The lowest BCUT2D eigenvalue weighted by Gasteiger charge is -2.44. The first kappa shape index (κ1) is 27.1. The van der Waals surface area contributed by atoms with Gasteiger partial charge in [0.2, 0.25) is 5.69 Å². The lowest BCUT2D eigenvalue weighted by Crippen LogP contribution is -2.43. The molecule has 2 heterocycles. The van der Waals surface area contributed by atoms with Gasteiger partial charge in [-0.1, -0.05) is 45.1 Å². The number of aromatic nitrogens is 2. The van der Waals surface area contributed by atoms with Crippen molar-refractivity contribution < 1.29 is 23.1 Å². The van der Waals surface area contributed by atoms with E-state index in [1.54, 1.807) is 12.3 Å². The zero-order valence-electron chi connectivity index (χ0n) is 22.8. The Morgan fingerprint density at radius 2 is 1.76 bits per heavy atom. The third-order valence-electron chi connectivity index (χ3n) is 8.12. The van der Waals surface area contributed by atoms with Crippen molar-refractivity contribution in [3.63, 3.8) is 0 Å². The molecule has 8 heteroatoms. The van der Waals surface area contributed by atoms with Gasteiger partial charge in [-0.2, -0.15) is 4.39 Å². The monoisotopic (exact) mass is 504 g/mol. The Labute approximate surface area is 219 Å². The van der Waals surface area contributed by atoms with Gasteiger partial charge in [0.05, 0.1) is 29.3 Å². The molecule has 1 amide bonds. The van der Waals surface area contributed by atoms with Crippen molar-refractivity contribution in [1.82, 2.24) is 9.97 Å². The number of benzene rings is 1. The van der Waals surface area contributed by atoms with E-state index in [-0.39, 0.29) is 28.1 Å². The summed E-state index contributed by atoms with van der Waals surface area (Å²) in [5.41, 5.74) is -0.0988. The van der Waals surface area contributed by atoms with E-state index >= 15 is 0 Å². The summed E-state index contributed by atoms with van der Waals surface area (Å²) in [6.45, 7) is 22.1. The zero-order valence-corrected chi connectivity index (χ0v) is 22.8. The van der Waals surface area contributed by atoms with E-state index in [9.17, 15) is 9.18 Å². The number of amides is 1. The second kappa shape index (κ2) is 9.10. The van der Waals surface area contributed by atoms with E-state index in [2.05, 4.69) is 56.2 Å². The fraction of sp³-hybridized carbons (Fsp3) is 0.448. The van der Waals surface area contributed by atoms with Crippen molar-refractivity contribution in [3.05, 3.63) is 72.6 Å². The van der Waals surface area contributed by atoms with E-state index in [1.165, 1.54) is 18.3 Å². The number of carbonyl (C=O) groups is 1. The van der Waals surface area contributed by atoms with Crippen molar-refractivity contribution in [2.45, 2.75) is 71.5 Å². The first-order valence-electron chi connectivity index (χ1n) is 12.6. The molecule has 1 aromatic heterocycles. The van der Waals surface area contributed by atoms with Crippen LogP contribution in [-0.4, -0.2) is 45.5 Å². The van der Waals surface area contributed by atoms with Gasteiger partial charge in [0.25, 0.3) is 0 Å². The van der Waals surface area contributed by atoms with Crippen molar-refractivity contribution in [2.24, 2.45) is 11.3 Å². The van der Waals surface area contributed by atoms with Gasteiger partial charge in [0.1, 0.15) is 6.72 Å². The Kier molecular flexibility index (Phi) is 6.66. The summed E-state index contributed by atoms with van der Waals surface area (Å²) in [5.74, 6) is -0.915. The molecule has 194 valence electrons. The van der Waals surface area contributed by atoms with Crippen LogP contribution in [-0.2, 0) is 14.7 Å².